The zero-order valence-corrected chi connectivity index (χ0v) is 13.1. The Morgan fingerprint density at radius 1 is 1.25 bits per heavy atom. The van der Waals surface area contributed by atoms with Gasteiger partial charge in [0.1, 0.15) is 0 Å². The Balaban J connectivity index is 2.84. The van der Waals surface area contributed by atoms with Crippen molar-refractivity contribution in [1.82, 2.24) is 5.32 Å². The molecule has 1 aromatic carbocycles. The van der Waals surface area contributed by atoms with E-state index in [9.17, 15) is 10.1 Å². The average molecular weight is 278 g/mol. The predicted molar refractivity (Wildman–Crippen MR) is 82.9 cm³/mol. The number of benzene rings is 1. The van der Waals surface area contributed by atoms with E-state index in [1.165, 1.54) is 0 Å². The molecule has 112 valence electrons. The molecule has 0 heterocycles. The van der Waals surface area contributed by atoms with Crippen molar-refractivity contribution in [3.8, 4) is 0 Å². The fourth-order valence-corrected chi connectivity index (χ4v) is 2.71. The van der Waals surface area contributed by atoms with E-state index in [4.69, 9.17) is 0 Å². The molecule has 1 rings (SSSR count). The highest BCUT2D eigenvalue weighted by Gasteiger charge is 2.18. The van der Waals surface area contributed by atoms with E-state index < -0.39 is 0 Å². The lowest BCUT2D eigenvalue weighted by Gasteiger charge is -2.26. The molecule has 4 nitrogen and oxygen atoms in total. The quantitative estimate of drug-likeness (QED) is 0.595. The molecular weight excluding hydrogens is 252 g/mol. The second-order valence-corrected chi connectivity index (χ2v) is 5.56. The molecule has 0 aliphatic carbocycles. The first kappa shape index (κ1) is 16.6. The highest BCUT2D eigenvalue weighted by molar-refractivity contribution is 5.43. The summed E-state index contributed by atoms with van der Waals surface area (Å²) in [7, 11) is 0. The first-order chi connectivity index (χ1) is 9.40. The van der Waals surface area contributed by atoms with Gasteiger partial charge >= 0.3 is 0 Å². The summed E-state index contributed by atoms with van der Waals surface area (Å²) in [4.78, 5) is 10.7. The van der Waals surface area contributed by atoms with Gasteiger partial charge in [-0.15, -0.1) is 0 Å². The van der Waals surface area contributed by atoms with Gasteiger partial charge in [-0.05, 0) is 32.3 Å². The Morgan fingerprint density at radius 3 is 2.35 bits per heavy atom. The fraction of sp³-hybridized carbons (Fsp3) is 0.625. The second-order valence-electron chi connectivity index (χ2n) is 5.56. The van der Waals surface area contributed by atoms with Crippen molar-refractivity contribution in [1.29, 1.82) is 0 Å². The highest BCUT2D eigenvalue weighted by Crippen LogP contribution is 2.24. The van der Waals surface area contributed by atoms with Gasteiger partial charge in [0, 0.05) is 23.7 Å². The summed E-state index contributed by atoms with van der Waals surface area (Å²) in [5.41, 5.74) is 1.88. The number of nitro benzene ring substituents is 1. The standard InChI is InChI=1S/C16H26N2O2/c1-6-14(7-2)12(4)17-13(5)15-9-8-11(3)16(10-15)18(19)20/h8-10,12-14,17H,6-7H2,1-5H3. The van der Waals surface area contributed by atoms with Crippen LogP contribution in [0.25, 0.3) is 0 Å². The Morgan fingerprint density at radius 2 is 1.85 bits per heavy atom. The monoisotopic (exact) mass is 278 g/mol. The van der Waals surface area contributed by atoms with Crippen molar-refractivity contribution in [3.63, 3.8) is 0 Å². The predicted octanol–water partition coefficient (Wildman–Crippen LogP) is 4.38. The second kappa shape index (κ2) is 7.39. The van der Waals surface area contributed by atoms with Gasteiger partial charge in [-0.1, -0.05) is 38.8 Å². The van der Waals surface area contributed by atoms with Crippen LogP contribution in [-0.2, 0) is 0 Å². The van der Waals surface area contributed by atoms with Gasteiger partial charge in [-0.2, -0.15) is 0 Å². The van der Waals surface area contributed by atoms with Crippen molar-refractivity contribution in [2.75, 3.05) is 0 Å². The first-order valence-corrected chi connectivity index (χ1v) is 7.41. The number of hydrogen-bond donors (Lipinski definition) is 1. The molecule has 2 atom stereocenters. The van der Waals surface area contributed by atoms with Crippen molar-refractivity contribution in [2.45, 2.75) is 59.5 Å². The normalized spacial score (nSPS) is 14.3. The molecule has 0 bridgehead atoms. The lowest BCUT2D eigenvalue weighted by Crippen LogP contribution is -2.35. The number of aryl methyl sites for hydroxylation is 1. The van der Waals surface area contributed by atoms with Gasteiger partial charge < -0.3 is 5.32 Å². The summed E-state index contributed by atoms with van der Waals surface area (Å²) in [5, 5.41) is 14.6. The maximum atomic E-state index is 11.0. The summed E-state index contributed by atoms with van der Waals surface area (Å²) < 4.78 is 0. The number of nitrogens with zero attached hydrogens (tertiary/aromatic N) is 1. The molecule has 0 saturated carbocycles. The zero-order valence-electron chi connectivity index (χ0n) is 13.1. The van der Waals surface area contributed by atoms with Crippen molar-refractivity contribution in [3.05, 3.63) is 39.4 Å². The van der Waals surface area contributed by atoms with Gasteiger partial charge in [0.2, 0.25) is 0 Å². The Labute approximate surface area is 121 Å². The van der Waals surface area contributed by atoms with E-state index in [0.717, 1.165) is 18.4 Å². The molecule has 0 amide bonds. The van der Waals surface area contributed by atoms with Crippen molar-refractivity contribution in [2.24, 2.45) is 5.92 Å². The summed E-state index contributed by atoms with van der Waals surface area (Å²) >= 11 is 0. The number of nitrogens with one attached hydrogen (secondary N) is 1. The molecule has 0 aromatic heterocycles. The SMILES string of the molecule is CCC(CC)C(C)NC(C)c1ccc(C)c([N+](=O)[O-])c1. The first-order valence-electron chi connectivity index (χ1n) is 7.41. The van der Waals surface area contributed by atoms with Crippen LogP contribution in [0.3, 0.4) is 0 Å². The molecule has 4 heteroatoms. The molecule has 20 heavy (non-hydrogen) atoms. The summed E-state index contributed by atoms with van der Waals surface area (Å²) in [6.07, 6.45) is 2.29. The number of hydrogen-bond acceptors (Lipinski definition) is 3. The number of rotatable bonds is 7. The Bertz CT molecular complexity index is 456. The van der Waals surface area contributed by atoms with Crippen LogP contribution in [0.4, 0.5) is 5.69 Å². The van der Waals surface area contributed by atoms with Gasteiger partial charge in [0.15, 0.2) is 0 Å². The summed E-state index contributed by atoms with van der Waals surface area (Å²) in [6.45, 7) is 10.4. The molecule has 1 N–H and O–H groups in total. The van der Waals surface area contributed by atoms with Crippen molar-refractivity contribution < 1.29 is 4.92 Å². The minimum absolute atomic E-state index is 0.116. The van der Waals surface area contributed by atoms with E-state index in [1.54, 1.807) is 13.0 Å². The molecule has 0 aliphatic heterocycles. The molecule has 0 aliphatic rings. The maximum Gasteiger partial charge on any atom is 0.272 e. The van der Waals surface area contributed by atoms with Crippen LogP contribution < -0.4 is 5.32 Å². The highest BCUT2D eigenvalue weighted by atomic mass is 16.6. The van der Waals surface area contributed by atoms with Crippen LogP contribution in [0.5, 0.6) is 0 Å². The van der Waals surface area contributed by atoms with Crippen LogP contribution in [0, 0.1) is 23.0 Å². The van der Waals surface area contributed by atoms with Crippen LogP contribution in [-0.4, -0.2) is 11.0 Å². The average Bonchev–Trinajstić information content (AvgIpc) is 2.40. The van der Waals surface area contributed by atoms with Gasteiger partial charge in [-0.25, -0.2) is 0 Å². The number of nitro groups is 1. The van der Waals surface area contributed by atoms with E-state index in [1.807, 2.05) is 12.1 Å². The fourth-order valence-electron chi connectivity index (χ4n) is 2.71. The van der Waals surface area contributed by atoms with Crippen LogP contribution in [0.15, 0.2) is 18.2 Å². The Hall–Kier alpha value is -1.42. The Kier molecular flexibility index (Phi) is 6.14. The maximum absolute atomic E-state index is 11.0. The van der Waals surface area contributed by atoms with Gasteiger partial charge in [-0.3, -0.25) is 10.1 Å². The minimum Gasteiger partial charge on any atom is -0.307 e. The molecule has 2 unspecified atom stereocenters. The van der Waals surface area contributed by atoms with E-state index in [0.29, 0.717) is 17.5 Å². The topological polar surface area (TPSA) is 55.2 Å². The zero-order chi connectivity index (χ0) is 15.3. The minimum atomic E-state index is -0.310. The van der Waals surface area contributed by atoms with Crippen molar-refractivity contribution >= 4 is 5.69 Å². The molecular formula is C16H26N2O2. The molecule has 0 spiro atoms. The van der Waals surface area contributed by atoms with Crippen LogP contribution in [0.1, 0.15) is 57.7 Å². The summed E-state index contributed by atoms with van der Waals surface area (Å²) in [5.74, 6) is 0.637. The van der Waals surface area contributed by atoms with Crippen LogP contribution >= 0.6 is 0 Å². The third-order valence-corrected chi connectivity index (χ3v) is 4.20. The van der Waals surface area contributed by atoms with Gasteiger partial charge in [0.05, 0.1) is 4.92 Å². The van der Waals surface area contributed by atoms with E-state index in [2.05, 4.69) is 33.0 Å². The lowest BCUT2D eigenvalue weighted by molar-refractivity contribution is -0.385. The molecule has 0 fully saturated rings. The van der Waals surface area contributed by atoms with Crippen LogP contribution in [0.2, 0.25) is 0 Å². The van der Waals surface area contributed by atoms with E-state index >= 15 is 0 Å². The molecule has 1 aromatic rings. The smallest absolute Gasteiger partial charge is 0.272 e. The van der Waals surface area contributed by atoms with Gasteiger partial charge in [0.25, 0.3) is 5.69 Å². The third kappa shape index (κ3) is 4.04. The van der Waals surface area contributed by atoms with E-state index in [-0.39, 0.29) is 16.7 Å². The summed E-state index contributed by atoms with van der Waals surface area (Å²) in [6, 6.07) is 6.00. The largest absolute Gasteiger partial charge is 0.307 e. The third-order valence-electron chi connectivity index (χ3n) is 4.20. The molecule has 0 radical (unpaired) electrons. The molecule has 0 saturated heterocycles. The lowest BCUT2D eigenvalue weighted by atomic mass is 9.94.